The summed E-state index contributed by atoms with van der Waals surface area (Å²) >= 11 is 0. The smallest absolute Gasteiger partial charge is 0.741 e. The van der Waals surface area contributed by atoms with Crippen molar-refractivity contribution in [3.05, 3.63) is 30.1 Å². The van der Waals surface area contributed by atoms with E-state index in [-0.39, 0.29) is 28.0 Å². The molecule has 19 heteroatoms. The number of halogens is 6. The van der Waals surface area contributed by atoms with Crippen LogP contribution in [0.3, 0.4) is 0 Å². The number of fused-ring (bicyclic) bond motifs is 2. The normalized spacial score (nSPS) is 23.2. The van der Waals surface area contributed by atoms with Crippen molar-refractivity contribution in [2.75, 3.05) is 0 Å². The summed E-state index contributed by atoms with van der Waals surface area (Å²) in [6, 6.07) is 6.05. The van der Waals surface area contributed by atoms with Crippen molar-refractivity contribution in [1.29, 1.82) is 0 Å². The molecule has 0 amide bonds. The standard InChI is InChI=1S/C16H22N2.2CHF3O3S.Cu.2H2O/c1-15(2)12-7-8-16(15,3)14(10-12)18-11-13-6-4-5-9-17-13;2*2-1(3,4)8(5,6)7;;;/h4-6,9,12H,7-8,10-11H2,1-3H3;2*(H,5,6,7);;2*1H2/q;;;+2;;/t12-,16+;;;;;/m1...../s1. The average molecular weight is 642 g/mol. The van der Waals surface area contributed by atoms with Gasteiger partial charge in [0.05, 0.1) is 12.2 Å². The number of aliphatic imine (C=N–C) groups is 1. The van der Waals surface area contributed by atoms with Gasteiger partial charge in [-0.15, -0.1) is 0 Å². The first-order valence-corrected chi connectivity index (χ1v) is 12.3. The summed E-state index contributed by atoms with van der Waals surface area (Å²) < 4.78 is 118. The van der Waals surface area contributed by atoms with Crippen LogP contribution in [0.15, 0.2) is 29.4 Å². The average Bonchev–Trinajstić information content (AvgIpc) is 2.98. The second-order valence-electron chi connectivity index (χ2n) is 8.38. The van der Waals surface area contributed by atoms with Crippen molar-refractivity contribution < 1.29 is 80.3 Å². The van der Waals surface area contributed by atoms with Crippen molar-refractivity contribution in [3.8, 4) is 0 Å². The molecule has 1 aromatic heterocycles. The van der Waals surface area contributed by atoms with E-state index in [0.29, 0.717) is 10.8 Å². The Bertz CT molecular complexity index is 1060. The number of aromatic nitrogens is 1. The minimum absolute atomic E-state index is 0. The first-order chi connectivity index (χ1) is 15.0. The quantitative estimate of drug-likeness (QED) is 0.154. The molecule has 1 radical (unpaired) electrons. The molecule has 2 aliphatic carbocycles. The molecule has 0 spiro atoms. The third kappa shape index (κ3) is 10.0. The number of hydrogen-bond donors (Lipinski definition) is 0. The second kappa shape index (κ2) is 13.6. The van der Waals surface area contributed by atoms with Crippen LogP contribution in [0.1, 0.15) is 45.7 Å². The van der Waals surface area contributed by atoms with Crippen LogP contribution in [0.25, 0.3) is 0 Å². The van der Waals surface area contributed by atoms with E-state index < -0.39 is 31.3 Å². The minimum atomic E-state index is -6.09. The molecule has 0 unspecified atom stereocenters. The van der Waals surface area contributed by atoms with E-state index in [1.54, 1.807) is 0 Å². The Morgan fingerprint density at radius 3 is 1.68 bits per heavy atom. The van der Waals surface area contributed by atoms with E-state index in [1.165, 1.54) is 25.0 Å². The van der Waals surface area contributed by atoms with Gasteiger partial charge < -0.3 is 20.1 Å². The molecule has 2 aliphatic rings. The van der Waals surface area contributed by atoms with E-state index in [1.807, 2.05) is 18.3 Å². The molecule has 6 N–H and O–H groups in total. The number of nitrogens with zero attached hydrogens (tertiary/aromatic N) is 2. The van der Waals surface area contributed by atoms with Crippen LogP contribution in [0.4, 0.5) is 26.3 Å². The maximum absolute atomic E-state index is 10.7. The molecule has 1 aromatic rings. The SMILES string of the molecule is CC1(C)[C@@H]2CC[C@@]1(C)C(=NCc1ccccn1)C2.O=S(=O)([O-])C(F)(F)F.O=S(=O)([O-])C(F)(F)F.[Cu+2].[OH3+].[OH3+]. The number of rotatable bonds is 2. The predicted molar refractivity (Wildman–Crippen MR) is 116 cm³/mol. The fourth-order valence-corrected chi connectivity index (χ4v) is 3.84. The van der Waals surface area contributed by atoms with E-state index in [2.05, 4.69) is 31.8 Å². The van der Waals surface area contributed by atoms with Crippen LogP contribution in [-0.4, -0.2) is 47.7 Å². The summed E-state index contributed by atoms with van der Waals surface area (Å²) in [7, 11) is -12.2. The van der Waals surface area contributed by atoms with Gasteiger partial charge in [-0.2, -0.15) is 26.3 Å². The summed E-state index contributed by atoms with van der Waals surface area (Å²) in [5.41, 5.74) is -8.02. The maximum Gasteiger partial charge on any atom is 2.00 e. The largest absolute Gasteiger partial charge is 2.00 e. The molecule has 3 rings (SSSR count). The molecule has 221 valence electrons. The predicted octanol–water partition coefficient (Wildman–Crippen LogP) is 2.13. The van der Waals surface area contributed by atoms with Gasteiger partial charge in [-0.25, -0.2) is 16.8 Å². The molecule has 2 atom stereocenters. The van der Waals surface area contributed by atoms with Crippen molar-refractivity contribution in [3.63, 3.8) is 0 Å². The fourth-order valence-electron chi connectivity index (χ4n) is 3.84. The van der Waals surface area contributed by atoms with Crippen molar-refractivity contribution in [1.82, 2.24) is 4.98 Å². The first kappa shape index (κ1) is 40.2. The summed E-state index contributed by atoms with van der Waals surface area (Å²) in [5, 5.41) is 0. The van der Waals surface area contributed by atoms with Gasteiger partial charge >= 0.3 is 28.1 Å². The van der Waals surface area contributed by atoms with Crippen LogP contribution >= 0.6 is 0 Å². The topological polar surface area (TPSA) is 206 Å². The Morgan fingerprint density at radius 1 is 0.973 bits per heavy atom. The number of alkyl halides is 6. The number of pyridine rings is 1. The Hall–Kier alpha value is -1.34. The molecular weight excluding hydrogens is 614 g/mol. The van der Waals surface area contributed by atoms with Gasteiger partial charge in [-0.1, -0.05) is 26.8 Å². The van der Waals surface area contributed by atoms with Gasteiger partial charge in [-0.3, -0.25) is 9.98 Å². The van der Waals surface area contributed by atoms with Crippen LogP contribution in [0.2, 0.25) is 0 Å². The van der Waals surface area contributed by atoms with Crippen LogP contribution in [0.5, 0.6) is 0 Å². The van der Waals surface area contributed by atoms with Gasteiger partial charge in [-0.05, 0) is 42.7 Å². The molecule has 2 saturated carbocycles. The van der Waals surface area contributed by atoms with E-state index in [9.17, 15) is 26.3 Å². The first-order valence-electron chi connectivity index (χ1n) is 9.52. The van der Waals surface area contributed by atoms with E-state index in [0.717, 1.165) is 18.2 Å². The zero-order chi connectivity index (χ0) is 26.8. The van der Waals surface area contributed by atoms with Crippen molar-refractivity contribution in [2.45, 2.75) is 57.6 Å². The second-order valence-corrected chi connectivity index (χ2v) is 11.1. The minimum Gasteiger partial charge on any atom is -0.741 e. The summed E-state index contributed by atoms with van der Waals surface area (Å²) in [6.45, 7) is 8.01. The van der Waals surface area contributed by atoms with Gasteiger partial charge in [0.1, 0.15) is 0 Å². The summed E-state index contributed by atoms with van der Waals surface area (Å²) in [4.78, 5) is 9.25. The van der Waals surface area contributed by atoms with Crippen LogP contribution in [-0.2, 0) is 54.8 Å². The zero-order valence-electron chi connectivity index (χ0n) is 19.6. The molecule has 2 bridgehead atoms. The molecular formula is C18H28CuF6N2O8S2+2. The molecule has 0 aromatic carbocycles. The number of hydrogen-bond acceptors (Lipinski definition) is 8. The molecule has 0 saturated heterocycles. The van der Waals surface area contributed by atoms with E-state index in [4.69, 9.17) is 30.9 Å². The fraction of sp³-hybridized carbons (Fsp3) is 0.667. The van der Waals surface area contributed by atoms with Gasteiger partial charge in [0.2, 0.25) is 0 Å². The van der Waals surface area contributed by atoms with Gasteiger partial charge in [0, 0.05) is 17.3 Å². The molecule has 0 aliphatic heterocycles. The van der Waals surface area contributed by atoms with Crippen LogP contribution < -0.4 is 0 Å². The van der Waals surface area contributed by atoms with Gasteiger partial charge in [0.25, 0.3) is 0 Å². The van der Waals surface area contributed by atoms with E-state index >= 15 is 0 Å². The maximum atomic E-state index is 10.7. The molecule has 37 heavy (non-hydrogen) atoms. The zero-order valence-corrected chi connectivity index (χ0v) is 22.2. The molecule has 10 nitrogen and oxygen atoms in total. The van der Waals surface area contributed by atoms with Crippen molar-refractivity contribution >= 4 is 25.9 Å². The van der Waals surface area contributed by atoms with Gasteiger partial charge in [0.15, 0.2) is 20.2 Å². The summed E-state index contributed by atoms with van der Waals surface area (Å²) in [5.74, 6) is 0.838. The Balaban J connectivity index is -0.000000522. The Kier molecular flexibility index (Phi) is 14.8. The third-order valence-electron chi connectivity index (χ3n) is 6.24. The molecule has 2 fully saturated rings. The molecule has 1 heterocycles. The van der Waals surface area contributed by atoms with Crippen molar-refractivity contribution in [2.24, 2.45) is 21.7 Å². The monoisotopic (exact) mass is 641 g/mol. The Labute approximate surface area is 220 Å². The summed E-state index contributed by atoms with van der Waals surface area (Å²) in [6.07, 6.45) is 5.75. The van der Waals surface area contributed by atoms with Crippen LogP contribution in [0, 0.1) is 16.7 Å². The Morgan fingerprint density at radius 2 is 1.41 bits per heavy atom. The third-order valence-corrected chi connectivity index (χ3v) is 7.37.